The van der Waals surface area contributed by atoms with Gasteiger partial charge in [0.05, 0.1) is 13.2 Å². The number of ether oxygens (including phenoxy) is 1. The van der Waals surface area contributed by atoms with Crippen LogP contribution in [0.3, 0.4) is 0 Å². The first-order chi connectivity index (χ1) is 7.77. The van der Waals surface area contributed by atoms with Crippen molar-refractivity contribution in [2.75, 3.05) is 51.5 Å². The molecule has 0 aliphatic carbocycles. The summed E-state index contributed by atoms with van der Waals surface area (Å²) in [5.41, 5.74) is 0. The van der Waals surface area contributed by atoms with Crippen molar-refractivity contribution in [1.82, 2.24) is 16.0 Å². The van der Waals surface area contributed by atoms with Crippen LogP contribution in [-0.4, -0.2) is 57.6 Å². The number of hydrogen-bond donors (Lipinski definition) is 3. The lowest BCUT2D eigenvalue weighted by molar-refractivity contribution is 0.139. The first-order valence-electron chi connectivity index (χ1n) is 5.99. The molecule has 0 spiro atoms. The van der Waals surface area contributed by atoms with Crippen molar-refractivity contribution < 1.29 is 4.74 Å². The second-order valence-electron chi connectivity index (χ2n) is 3.90. The van der Waals surface area contributed by atoms with Gasteiger partial charge in [0.1, 0.15) is 0 Å². The fourth-order valence-electron chi connectivity index (χ4n) is 1.14. The summed E-state index contributed by atoms with van der Waals surface area (Å²) in [4.78, 5) is 0. The smallest absolute Gasteiger partial charge is 0.0591 e. The lowest BCUT2D eigenvalue weighted by Crippen LogP contribution is -2.33. The maximum absolute atomic E-state index is 5.45. The van der Waals surface area contributed by atoms with Crippen LogP contribution in [0.25, 0.3) is 0 Å². The van der Waals surface area contributed by atoms with E-state index in [4.69, 9.17) is 4.74 Å². The van der Waals surface area contributed by atoms with Crippen molar-refractivity contribution in [2.45, 2.75) is 19.9 Å². The zero-order valence-electron chi connectivity index (χ0n) is 10.8. The van der Waals surface area contributed by atoms with E-state index < -0.39 is 0 Å². The van der Waals surface area contributed by atoms with Gasteiger partial charge in [0.2, 0.25) is 0 Å². The zero-order chi connectivity index (χ0) is 12.1. The molecule has 0 aromatic rings. The predicted molar refractivity (Wildman–Crippen MR) is 73.2 cm³/mol. The Kier molecular flexibility index (Phi) is 13.4. The van der Waals surface area contributed by atoms with E-state index in [0.717, 1.165) is 45.3 Å². The number of hydrogen-bond acceptors (Lipinski definition) is 5. The van der Waals surface area contributed by atoms with Crippen LogP contribution in [-0.2, 0) is 4.74 Å². The van der Waals surface area contributed by atoms with E-state index in [1.807, 2.05) is 0 Å². The summed E-state index contributed by atoms with van der Waals surface area (Å²) in [6.07, 6.45) is 2.09. The molecule has 0 radical (unpaired) electrons. The molecular formula is C11H27N3OS. The zero-order valence-corrected chi connectivity index (χ0v) is 11.7. The Bertz CT molecular complexity index is 136. The molecule has 3 N–H and O–H groups in total. The minimum atomic E-state index is 0.570. The summed E-state index contributed by atoms with van der Waals surface area (Å²) in [6, 6.07) is 0.570. The monoisotopic (exact) mass is 249 g/mol. The average molecular weight is 249 g/mol. The highest BCUT2D eigenvalue weighted by Crippen LogP contribution is 1.84. The summed E-state index contributed by atoms with van der Waals surface area (Å²) >= 11 is 1.80. The van der Waals surface area contributed by atoms with Crippen LogP contribution >= 0.6 is 11.8 Å². The average Bonchev–Trinajstić information content (AvgIpc) is 2.25. The summed E-state index contributed by atoms with van der Waals surface area (Å²) < 4.78 is 5.45. The number of rotatable bonds is 12. The van der Waals surface area contributed by atoms with E-state index in [1.54, 1.807) is 11.8 Å². The topological polar surface area (TPSA) is 45.3 Å². The molecular weight excluding hydrogens is 222 g/mol. The van der Waals surface area contributed by atoms with Gasteiger partial charge in [-0.3, -0.25) is 0 Å². The predicted octanol–water partition coefficient (Wildman–Crippen LogP) is 0.501. The molecule has 0 rings (SSSR count). The molecule has 0 fully saturated rings. The van der Waals surface area contributed by atoms with E-state index in [9.17, 15) is 0 Å². The largest absolute Gasteiger partial charge is 0.379 e. The lowest BCUT2D eigenvalue weighted by atomic mass is 10.4. The Labute approximate surface area is 104 Å². The molecule has 0 saturated heterocycles. The van der Waals surface area contributed by atoms with Gasteiger partial charge in [-0.25, -0.2) is 0 Å². The highest BCUT2D eigenvalue weighted by atomic mass is 32.2. The molecule has 0 unspecified atom stereocenters. The van der Waals surface area contributed by atoms with Crippen LogP contribution < -0.4 is 16.0 Å². The standard InChI is InChI=1S/C11H27N3OS/c1-11(2)14-5-4-12-6-8-15-9-7-13-10-16-3/h11-14H,4-10H2,1-3H3. The molecule has 0 aromatic carbocycles. The molecule has 5 heteroatoms. The Balaban J connectivity index is 2.88. The van der Waals surface area contributed by atoms with Gasteiger partial charge >= 0.3 is 0 Å². The van der Waals surface area contributed by atoms with Gasteiger partial charge in [-0.2, -0.15) is 0 Å². The van der Waals surface area contributed by atoms with Crippen molar-refractivity contribution in [1.29, 1.82) is 0 Å². The minimum absolute atomic E-state index is 0.570. The first kappa shape index (κ1) is 16.2. The highest BCUT2D eigenvalue weighted by Gasteiger charge is 1.92. The molecule has 0 bridgehead atoms. The molecule has 0 aromatic heterocycles. The third kappa shape index (κ3) is 14.2. The van der Waals surface area contributed by atoms with E-state index in [1.165, 1.54) is 0 Å². The van der Waals surface area contributed by atoms with Gasteiger partial charge < -0.3 is 20.7 Å². The molecule has 98 valence electrons. The van der Waals surface area contributed by atoms with Gasteiger partial charge in [0.15, 0.2) is 0 Å². The van der Waals surface area contributed by atoms with Crippen molar-refractivity contribution in [2.24, 2.45) is 0 Å². The van der Waals surface area contributed by atoms with Crippen molar-refractivity contribution in [3.63, 3.8) is 0 Å². The van der Waals surface area contributed by atoms with Crippen LogP contribution in [0.5, 0.6) is 0 Å². The van der Waals surface area contributed by atoms with Gasteiger partial charge in [-0.1, -0.05) is 13.8 Å². The molecule has 0 aliphatic rings. The van der Waals surface area contributed by atoms with Crippen LogP contribution in [0.15, 0.2) is 0 Å². The molecule has 0 saturated carbocycles. The highest BCUT2D eigenvalue weighted by molar-refractivity contribution is 7.98. The van der Waals surface area contributed by atoms with E-state index in [2.05, 4.69) is 36.1 Å². The summed E-state index contributed by atoms with van der Waals surface area (Å²) in [5, 5.41) is 9.95. The van der Waals surface area contributed by atoms with Crippen LogP contribution in [0.2, 0.25) is 0 Å². The van der Waals surface area contributed by atoms with Gasteiger partial charge in [-0.15, -0.1) is 11.8 Å². The second kappa shape index (κ2) is 13.3. The maximum atomic E-state index is 5.45. The van der Waals surface area contributed by atoms with Crippen LogP contribution in [0, 0.1) is 0 Å². The SMILES string of the molecule is CSCNCCOCCNCCNC(C)C. The third-order valence-corrected chi connectivity index (χ3v) is 2.44. The number of thioether (sulfide) groups is 1. The summed E-state index contributed by atoms with van der Waals surface area (Å²) in [7, 11) is 0. The molecule has 0 amide bonds. The minimum Gasteiger partial charge on any atom is -0.379 e. The molecule has 0 heterocycles. The van der Waals surface area contributed by atoms with E-state index in [-0.39, 0.29) is 0 Å². The lowest BCUT2D eigenvalue weighted by Gasteiger charge is -2.09. The van der Waals surface area contributed by atoms with Gasteiger partial charge in [0, 0.05) is 38.1 Å². The molecule has 0 atom stereocenters. The Morgan fingerprint density at radius 2 is 1.69 bits per heavy atom. The third-order valence-electron chi connectivity index (χ3n) is 1.95. The Hall–Kier alpha value is 0.190. The number of nitrogens with one attached hydrogen (secondary N) is 3. The normalized spacial score (nSPS) is 11.2. The first-order valence-corrected chi connectivity index (χ1v) is 7.38. The molecule has 16 heavy (non-hydrogen) atoms. The second-order valence-corrected chi connectivity index (χ2v) is 4.77. The Morgan fingerprint density at radius 3 is 2.31 bits per heavy atom. The summed E-state index contributed by atoms with van der Waals surface area (Å²) in [5.74, 6) is 1.00. The van der Waals surface area contributed by atoms with Crippen molar-refractivity contribution in [3.8, 4) is 0 Å². The maximum Gasteiger partial charge on any atom is 0.0591 e. The molecule has 4 nitrogen and oxygen atoms in total. The fraction of sp³-hybridized carbons (Fsp3) is 1.00. The van der Waals surface area contributed by atoms with Gasteiger partial charge in [-0.05, 0) is 6.26 Å². The van der Waals surface area contributed by atoms with Gasteiger partial charge in [0.25, 0.3) is 0 Å². The summed E-state index contributed by atoms with van der Waals surface area (Å²) in [6.45, 7) is 9.81. The van der Waals surface area contributed by atoms with E-state index in [0.29, 0.717) is 6.04 Å². The fourth-order valence-corrected chi connectivity index (χ4v) is 1.49. The Morgan fingerprint density at radius 1 is 1.00 bits per heavy atom. The van der Waals surface area contributed by atoms with Crippen molar-refractivity contribution >= 4 is 11.8 Å². The quantitative estimate of drug-likeness (QED) is 0.347. The van der Waals surface area contributed by atoms with Crippen LogP contribution in [0.1, 0.15) is 13.8 Å². The van der Waals surface area contributed by atoms with Crippen LogP contribution in [0.4, 0.5) is 0 Å². The van der Waals surface area contributed by atoms with Crippen molar-refractivity contribution in [3.05, 3.63) is 0 Å². The molecule has 0 aliphatic heterocycles. The van der Waals surface area contributed by atoms with E-state index >= 15 is 0 Å².